The van der Waals surface area contributed by atoms with Crippen molar-refractivity contribution in [2.45, 2.75) is 21.4 Å². The van der Waals surface area contributed by atoms with E-state index in [1.54, 1.807) is 12.1 Å². The molecule has 0 heterocycles. The monoisotopic (exact) mass is 436 g/mol. The van der Waals surface area contributed by atoms with Gasteiger partial charge in [0.05, 0.1) is 0 Å². The molecule has 2 rings (SSSR count). The zero-order valence-corrected chi connectivity index (χ0v) is 17.7. The Labute approximate surface area is 147 Å². The summed E-state index contributed by atoms with van der Waals surface area (Å²) in [5.74, 6) is 0.951. The van der Waals surface area contributed by atoms with Gasteiger partial charge >= 0.3 is 147 Å². The van der Waals surface area contributed by atoms with Crippen LogP contribution in [0, 0.1) is 10.1 Å². The van der Waals surface area contributed by atoms with Crippen LogP contribution in [0.5, 0.6) is 11.5 Å². The topological polar surface area (TPSA) is 55.6 Å². The summed E-state index contributed by atoms with van der Waals surface area (Å²) in [6.07, 6.45) is 0. The summed E-state index contributed by atoms with van der Waals surface area (Å²) in [6.45, 7) is 0.709. The summed E-state index contributed by atoms with van der Waals surface area (Å²) in [7, 11) is 3.95. The van der Waals surface area contributed by atoms with E-state index in [2.05, 4.69) is 14.8 Å². The first kappa shape index (κ1) is 18.7. The Morgan fingerprint density at radius 3 is 2.33 bits per heavy atom. The molecule has 0 spiro atoms. The van der Waals surface area contributed by atoms with E-state index >= 15 is 0 Å². The van der Waals surface area contributed by atoms with Crippen molar-refractivity contribution in [1.82, 2.24) is 4.90 Å². The average Bonchev–Trinajstić information content (AvgIpc) is 2.47. The van der Waals surface area contributed by atoms with E-state index in [-0.39, 0.29) is 10.6 Å². The second-order valence-electron chi connectivity index (χ2n) is 7.14. The van der Waals surface area contributed by atoms with Crippen molar-refractivity contribution in [2.24, 2.45) is 0 Å². The van der Waals surface area contributed by atoms with Gasteiger partial charge in [-0.2, -0.15) is 0 Å². The number of ether oxygens (including phenoxy) is 1. The molecule has 2 aromatic carbocycles. The summed E-state index contributed by atoms with van der Waals surface area (Å²) in [4.78, 5) is 19.9. The molecule has 128 valence electrons. The van der Waals surface area contributed by atoms with Crippen molar-refractivity contribution in [1.29, 1.82) is 0 Å². The van der Waals surface area contributed by atoms with Crippen LogP contribution < -0.4 is 8.32 Å². The van der Waals surface area contributed by atoms with Crippen LogP contribution in [0.25, 0.3) is 0 Å². The zero-order valence-electron chi connectivity index (χ0n) is 14.9. The molecular formula is C18H24N2O3Sn. The molecule has 0 radical (unpaired) electrons. The number of nitro groups is 1. The molecule has 6 heteroatoms. The molecule has 5 nitrogen and oxygen atoms in total. The first-order valence-corrected chi connectivity index (χ1v) is 17.9. The molecule has 2 aromatic rings. The van der Waals surface area contributed by atoms with E-state index in [9.17, 15) is 10.1 Å². The Kier molecular flexibility index (Phi) is 5.87. The molecular weight excluding hydrogens is 411 g/mol. The van der Waals surface area contributed by atoms with Crippen molar-refractivity contribution >= 4 is 27.6 Å². The summed E-state index contributed by atoms with van der Waals surface area (Å²) >= 11 is -2.37. The van der Waals surface area contributed by atoms with Gasteiger partial charge in [0.15, 0.2) is 0 Å². The fraction of sp³-hybridized carbons (Fsp3) is 0.333. The van der Waals surface area contributed by atoms with Crippen LogP contribution in [-0.2, 0) is 6.54 Å². The first-order valence-electron chi connectivity index (χ1n) is 7.88. The molecule has 24 heavy (non-hydrogen) atoms. The second-order valence-corrected chi connectivity index (χ2v) is 21.6. The number of rotatable bonds is 6. The van der Waals surface area contributed by atoms with Gasteiger partial charge in [-0.15, -0.1) is 0 Å². The first-order chi connectivity index (χ1) is 11.2. The van der Waals surface area contributed by atoms with Crippen molar-refractivity contribution in [2.75, 3.05) is 14.1 Å². The number of benzene rings is 2. The average molecular weight is 435 g/mol. The molecule has 0 aliphatic rings. The van der Waals surface area contributed by atoms with Crippen LogP contribution in [-0.4, -0.2) is 42.3 Å². The fourth-order valence-corrected chi connectivity index (χ4v) is 5.70. The van der Waals surface area contributed by atoms with Crippen molar-refractivity contribution < 1.29 is 9.66 Å². The van der Waals surface area contributed by atoms with Gasteiger partial charge in [-0.3, -0.25) is 0 Å². The number of nitro benzene ring substituents is 1. The van der Waals surface area contributed by atoms with Crippen molar-refractivity contribution in [3.63, 3.8) is 0 Å². The van der Waals surface area contributed by atoms with Crippen LogP contribution in [0.2, 0.25) is 14.8 Å². The third-order valence-electron chi connectivity index (χ3n) is 3.70. The van der Waals surface area contributed by atoms with E-state index in [0.29, 0.717) is 18.0 Å². The fourth-order valence-electron chi connectivity index (χ4n) is 2.41. The number of para-hydroxylation sites is 1. The summed E-state index contributed by atoms with van der Waals surface area (Å²) in [5.41, 5.74) is 1.04. The van der Waals surface area contributed by atoms with Gasteiger partial charge in [0.1, 0.15) is 0 Å². The Morgan fingerprint density at radius 2 is 1.75 bits per heavy atom. The minimum atomic E-state index is -2.37. The summed E-state index contributed by atoms with van der Waals surface area (Å²) in [5, 5.41) is 11.5. The summed E-state index contributed by atoms with van der Waals surface area (Å²) in [6, 6.07) is 13.0. The van der Waals surface area contributed by atoms with Crippen LogP contribution in [0.3, 0.4) is 0 Å². The third-order valence-corrected chi connectivity index (χ3v) is 9.53. The summed E-state index contributed by atoms with van der Waals surface area (Å²) < 4.78 is 7.04. The maximum absolute atomic E-state index is 11.5. The van der Waals surface area contributed by atoms with Gasteiger partial charge in [-0.25, -0.2) is 0 Å². The molecule has 0 bridgehead atoms. The van der Waals surface area contributed by atoms with Crippen LogP contribution in [0.4, 0.5) is 5.69 Å². The van der Waals surface area contributed by atoms with Gasteiger partial charge in [0.2, 0.25) is 0 Å². The molecule has 0 amide bonds. The van der Waals surface area contributed by atoms with E-state index in [1.807, 2.05) is 49.3 Å². The molecule has 0 saturated carbocycles. The maximum atomic E-state index is 11.5. The van der Waals surface area contributed by atoms with E-state index < -0.39 is 18.4 Å². The number of hydrogen-bond acceptors (Lipinski definition) is 4. The van der Waals surface area contributed by atoms with Gasteiger partial charge in [-0.1, -0.05) is 0 Å². The third kappa shape index (κ3) is 4.70. The molecule has 0 N–H and O–H groups in total. The van der Waals surface area contributed by atoms with E-state index in [4.69, 9.17) is 4.74 Å². The molecule has 0 aliphatic heterocycles. The molecule has 0 atom stereocenters. The SMILES string of the molecule is CN(C)Cc1ccccc1Oc1cc[c]([Sn]([CH3])([CH3])[CH3])cc1[N+](=O)[O-]. The van der Waals surface area contributed by atoms with Gasteiger partial charge < -0.3 is 0 Å². The molecule has 0 aliphatic carbocycles. The molecule has 0 fully saturated rings. The Morgan fingerprint density at radius 1 is 1.08 bits per heavy atom. The number of nitrogens with zero attached hydrogens (tertiary/aromatic N) is 2. The van der Waals surface area contributed by atoms with Crippen LogP contribution in [0.15, 0.2) is 42.5 Å². The normalized spacial score (nSPS) is 11.6. The van der Waals surface area contributed by atoms with Crippen molar-refractivity contribution in [3.05, 3.63) is 58.1 Å². The zero-order chi connectivity index (χ0) is 17.9. The molecule has 0 saturated heterocycles. The van der Waals surface area contributed by atoms with Gasteiger partial charge in [-0.05, 0) is 0 Å². The van der Waals surface area contributed by atoms with Gasteiger partial charge in [0, 0.05) is 0 Å². The van der Waals surface area contributed by atoms with Gasteiger partial charge in [0.25, 0.3) is 0 Å². The quantitative estimate of drug-likeness (QED) is 0.391. The van der Waals surface area contributed by atoms with E-state index in [0.717, 1.165) is 9.14 Å². The standard InChI is InChI=1S/C15H15N2O3.3CH3.Sn/c1-16(2)11-12-7-3-5-9-14(12)20-15-10-6-4-8-13(15)17(18)19;;;;/h3,5-10H,11H2,1-2H3;3*1H3;. The number of hydrogen-bond donors (Lipinski definition) is 0. The van der Waals surface area contributed by atoms with E-state index in [1.165, 1.54) is 0 Å². The molecule has 0 aromatic heterocycles. The van der Waals surface area contributed by atoms with Crippen LogP contribution >= 0.6 is 0 Å². The second kappa shape index (κ2) is 7.53. The van der Waals surface area contributed by atoms with Crippen LogP contribution in [0.1, 0.15) is 5.56 Å². The van der Waals surface area contributed by atoms with Crippen molar-refractivity contribution in [3.8, 4) is 11.5 Å². The predicted octanol–water partition coefficient (Wildman–Crippen LogP) is 3.99. The minimum absolute atomic E-state index is 0.0405. The predicted molar refractivity (Wildman–Crippen MR) is 100.0 cm³/mol. The Bertz CT molecular complexity index is 739. The Balaban J connectivity index is 2.42. The Hall–Kier alpha value is -1.60. The molecule has 0 unspecified atom stereocenters.